The van der Waals surface area contributed by atoms with Crippen LogP contribution < -0.4 is 5.56 Å². The van der Waals surface area contributed by atoms with Gasteiger partial charge in [-0.3, -0.25) is 4.79 Å². The van der Waals surface area contributed by atoms with Gasteiger partial charge in [-0.1, -0.05) is 30.3 Å². The average Bonchev–Trinajstić information content (AvgIpc) is 2.92. The number of aromatic amines is 2. The molecule has 0 radical (unpaired) electrons. The SMILES string of the molecule is Cc1cccc2[nH]c(-c3cc4ccccc4[nH]c3=O)nc12. The van der Waals surface area contributed by atoms with E-state index in [1.165, 1.54) is 0 Å². The Bertz CT molecular complexity index is 1030. The molecule has 0 fully saturated rings. The first-order chi connectivity index (χ1) is 10.2. The molecule has 2 N–H and O–H groups in total. The van der Waals surface area contributed by atoms with Gasteiger partial charge < -0.3 is 9.97 Å². The topological polar surface area (TPSA) is 61.5 Å². The van der Waals surface area contributed by atoms with Gasteiger partial charge in [-0.2, -0.15) is 0 Å². The number of fused-ring (bicyclic) bond motifs is 2. The minimum absolute atomic E-state index is 0.134. The van der Waals surface area contributed by atoms with Gasteiger partial charge in [-0.25, -0.2) is 4.98 Å². The van der Waals surface area contributed by atoms with Crippen molar-refractivity contribution in [3.63, 3.8) is 0 Å². The molecule has 0 saturated heterocycles. The fourth-order valence-electron chi connectivity index (χ4n) is 2.63. The van der Waals surface area contributed by atoms with Crippen molar-refractivity contribution in [2.45, 2.75) is 6.92 Å². The summed E-state index contributed by atoms with van der Waals surface area (Å²) < 4.78 is 0. The maximum Gasteiger partial charge on any atom is 0.259 e. The minimum atomic E-state index is -0.134. The lowest BCUT2D eigenvalue weighted by molar-refractivity contribution is 1.25. The molecule has 0 aliphatic rings. The van der Waals surface area contributed by atoms with E-state index in [9.17, 15) is 4.79 Å². The molecule has 4 heteroatoms. The number of H-pyrrole nitrogens is 2. The van der Waals surface area contributed by atoms with Crippen LogP contribution in [0.2, 0.25) is 0 Å². The standard InChI is InChI=1S/C17H13N3O/c1-10-5-4-8-14-15(10)20-16(18-14)12-9-11-6-2-3-7-13(11)19-17(12)21/h2-9H,1H3,(H,18,20)(H,19,21). The highest BCUT2D eigenvalue weighted by Gasteiger charge is 2.11. The second-order valence-corrected chi connectivity index (χ2v) is 5.16. The molecule has 4 aromatic rings. The highest BCUT2D eigenvalue weighted by Crippen LogP contribution is 2.22. The van der Waals surface area contributed by atoms with E-state index in [4.69, 9.17) is 0 Å². The summed E-state index contributed by atoms with van der Waals surface area (Å²) in [6.45, 7) is 2.01. The summed E-state index contributed by atoms with van der Waals surface area (Å²) in [6.07, 6.45) is 0. The monoisotopic (exact) mass is 275 g/mol. The highest BCUT2D eigenvalue weighted by atomic mass is 16.1. The molecule has 0 unspecified atom stereocenters. The summed E-state index contributed by atoms with van der Waals surface area (Å²) >= 11 is 0. The molecule has 0 aliphatic heterocycles. The van der Waals surface area contributed by atoms with E-state index < -0.39 is 0 Å². The second-order valence-electron chi connectivity index (χ2n) is 5.16. The Morgan fingerprint density at radius 3 is 2.62 bits per heavy atom. The fraction of sp³-hybridized carbons (Fsp3) is 0.0588. The van der Waals surface area contributed by atoms with Crippen LogP contribution in [0.3, 0.4) is 0 Å². The molecule has 2 aromatic carbocycles. The Kier molecular flexibility index (Phi) is 2.44. The van der Waals surface area contributed by atoms with Crippen LogP contribution in [-0.2, 0) is 0 Å². The molecule has 102 valence electrons. The molecule has 4 rings (SSSR count). The van der Waals surface area contributed by atoms with Crippen molar-refractivity contribution in [2.75, 3.05) is 0 Å². The molecule has 0 aliphatic carbocycles. The van der Waals surface area contributed by atoms with Crippen molar-refractivity contribution in [3.05, 3.63) is 64.4 Å². The molecule has 0 spiro atoms. The van der Waals surface area contributed by atoms with Gasteiger partial charge in [0.15, 0.2) is 0 Å². The number of para-hydroxylation sites is 2. The zero-order valence-electron chi connectivity index (χ0n) is 11.5. The molecule has 2 heterocycles. The van der Waals surface area contributed by atoms with Gasteiger partial charge >= 0.3 is 0 Å². The van der Waals surface area contributed by atoms with Crippen molar-refractivity contribution in [1.82, 2.24) is 15.0 Å². The van der Waals surface area contributed by atoms with E-state index in [1.54, 1.807) is 0 Å². The lowest BCUT2D eigenvalue weighted by atomic mass is 10.1. The summed E-state index contributed by atoms with van der Waals surface area (Å²) in [5.41, 5.74) is 4.19. The number of hydrogen-bond donors (Lipinski definition) is 2. The van der Waals surface area contributed by atoms with E-state index in [0.717, 1.165) is 27.5 Å². The summed E-state index contributed by atoms with van der Waals surface area (Å²) in [7, 11) is 0. The van der Waals surface area contributed by atoms with Crippen LogP contribution in [0.15, 0.2) is 53.3 Å². The number of nitrogens with one attached hydrogen (secondary N) is 2. The minimum Gasteiger partial charge on any atom is -0.338 e. The number of hydrogen-bond acceptors (Lipinski definition) is 2. The Balaban J connectivity index is 2.01. The zero-order chi connectivity index (χ0) is 14.4. The quantitative estimate of drug-likeness (QED) is 0.559. The maximum atomic E-state index is 12.3. The Labute approximate surface area is 120 Å². The third-order valence-corrected chi connectivity index (χ3v) is 3.72. The summed E-state index contributed by atoms with van der Waals surface area (Å²) in [5.74, 6) is 0.603. The predicted octanol–water partition coefficient (Wildman–Crippen LogP) is 3.38. The second kappa shape index (κ2) is 4.31. The first-order valence-corrected chi connectivity index (χ1v) is 6.80. The van der Waals surface area contributed by atoms with Crippen molar-refractivity contribution in [1.29, 1.82) is 0 Å². The maximum absolute atomic E-state index is 12.3. The third-order valence-electron chi connectivity index (χ3n) is 3.72. The van der Waals surface area contributed by atoms with E-state index in [1.807, 2.05) is 55.5 Å². The number of aryl methyl sites for hydroxylation is 1. The summed E-state index contributed by atoms with van der Waals surface area (Å²) in [5, 5.41) is 0.990. The number of imidazole rings is 1. The largest absolute Gasteiger partial charge is 0.338 e. The van der Waals surface area contributed by atoms with E-state index in [2.05, 4.69) is 15.0 Å². The number of rotatable bonds is 1. The smallest absolute Gasteiger partial charge is 0.259 e. The van der Waals surface area contributed by atoms with Crippen LogP contribution in [-0.4, -0.2) is 15.0 Å². The summed E-state index contributed by atoms with van der Waals surface area (Å²) in [6, 6.07) is 15.6. The van der Waals surface area contributed by atoms with E-state index >= 15 is 0 Å². The van der Waals surface area contributed by atoms with Gasteiger partial charge in [0, 0.05) is 5.52 Å². The first kappa shape index (κ1) is 11.9. The van der Waals surface area contributed by atoms with Crippen molar-refractivity contribution in [3.8, 4) is 11.4 Å². The molecular weight excluding hydrogens is 262 g/mol. The molecular formula is C17H13N3O. The van der Waals surface area contributed by atoms with Gasteiger partial charge in [0.05, 0.1) is 16.6 Å². The number of aromatic nitrogens is 3. The first-order valence-electron chi connectivity index (χ1n) is 6.80. The number of nitrogens with zero attached hydrogens (tertiary/aromatic N) is 1. The molecule has 2 aromatic heterocycles. The van der Waals surface area contributed by atoms with Gasteiger partial charge in [0.25, 0.3) is 5.56 Å². The molecule has 0 amide bonds. The van der Waals surface area contributed by atoms with Crippen LogP contribution in [0.4, 0.5) is 0 Å². The Morgan fingerprint density at radius 1 is 0.952 bits per heavy atom. The van der Waals surface area contributed by atoms with Gasteiger partial charge in [0.1, 0.15) is 5.82 Å². The van der Waals surface area contributed by atoms with Crippen molar-refractivity contribution < 1.29 is 0 Å². The number of pyridine rings is 1. The van der Waals surface area contributed by atoms with Crippen molar-refractivity contribution in [2.24, 2.45) is 0 Å². The Morgan fingerprint density at radius 2 is 1.76 bits per heavy atom. The molecule has 0 bridgehead atoms. The van der Waals surface area contributed by atoms with Gasteiger partial charge in [0.2, 0.25) is 0 Å². The molecule has 4 nitrogen and oxygen atoms in total. The average molecular weight is 275 g/mol. The zero-order valence-corrected chi connectivity index (χ0v) is 11.5. The highest BCUT2D eigenvalue weighted by molar-refractivity contribution is 5.85. The van der Waals surface area contributed by atoms with Crippen LogP contribution >= 0.6 is 0 Å². The van der Waals surface area contributed by atoms with E-state index in [-0.39, 0.29) is 5.56 Å². The van der Waals surface area contributed by atoms with Crippen LogP contribution in [0, 0.1) is 6.92 Å². The molecule has 21 heavy (non-hydrogen) atoms. The van der Waals surface area contributed by atoms with E-state index in [0.29, 0.717) is 11.4 Å². The fourth-order valence-corrected chi connectivity index (χ4v) is 2.63. The Hall–Kier alpha value is -2.88. The van der Waals surface area contributed by atoms with Crippen LogP contribution in [0.5, 0.6) is 0 Å². The molecule has 0 atom stereocenters. The lowest BCUT2D eigenvalue weighted by Crippen LogP contribution is -2.09. The number of benzene rings is 2. The third kappa shape index (κ3) is 1.84. The van der Waals surface area contributed by atoms with Gasteiger partial charge in [-0.05, 0) is 36.1 Å². The normalized spacial score (nSPS) is 11.3. The predicted molar refractivity (Wildman–Crippen MR) is 84.4 cm³/mol. The van der Waals surface area contributed by atoms with Crippen LogP contribution in [0.25, 0.3) is 33.3 Å². The lowest BCUT2D eigenvalue weighted by Gasteiger charge is -2.00. The van der Waals surface area contributed by atoms with Crippen molar-refractivity contribution >= 4 is 21.9 Å². The van der Waals surface area contributed by atoms with Crippen LogP contribution in [0.1, 0.15) is 5.56 Å². The molecule has 0 saturated carbocycles. The van der Waals surface area contributed by atoms with Gasteiger partial charge in [-0.15, -0.1) is 0 Å². The summed E-state index contributed by atoms with van der Waals surface area (Å²) in [4.78, 5) is 23.0.